The molecule has 0 aromatic carbocycles. The number of nitrogens with one attached hydrogen (secondary N) is 1. The average Bonchev–Trinajstić information content (AvgIpc) is 3.14. The van der Waals surface area contributed by atoms with Crippen LogP contribution < -0.4 is 11.0 Å². The van der Waals surface area contributed by atoms with Crippen LogP contribution in [-0.2, 0) is 18.9 Å². The summed E-state index contributed by atoms with van der Waals surface area (Å²) in [6.07, 6.45) is -1.60. The van der Waals surface area contributed by atoms with E-state index < -0.39 is 41.2 Å². The van der Waals surface area contributed by atoms with Crippen molar-refractivity contribution in [2.75, 3.05) is 30.9 Å². The monoisotopic (exact) mass is 447 g/mol. The molecule has 1 N–H and O–H groups in total. The molecule has 0 saturated carbocycles. The quantitative estimate of drug-likeness (QED) is 0.600. The topological polar surface area (TPSA) is 118 Å². The molecule has 1 aromatic rings. The lowest BCUT2D eigenvalue weighted by atomic mass is 10.2. The molecule has 1 saturated heterocycles. The Morgan fingerprint density at radius 1 is 1.27 bits per heavy atom. The summed E-state index contributed by atoms with van der Waals surface area (Å²) in [6.45, 7) is 7.80. The minimum absolute atomic E-state index is 0.0793. The SMILES string of the molecule is CC(C)COC(=O)Nc1nc(=O)n([C@H]2CS[C@@H](COC(=O)OCC(C)C)O2)cc1F. The fourth-order valence-electron chi connectivity index (χ4n) is 2.20. The lowest BCUT2D eigenvalue weighted by molar-refractivity contribution is -0.0254. The molecule has 2 rings (SSSR count). The van der Waals surface area contributed by atoms with Gasteiger partial charge in [-0.15, -0.1) is 11.8 Å². The van der Waals surface area contributed by atoms with Crippen LogP contribution in [0.4, 0.5) is 19.8 Å². The summed E-state index contributed by atoms with van der Waals surface area (Å²) in [5, 5.41) is 2.11. The van der Waals surface area contributed by atoms with Gasteiger partial charge in [-0.3, -0.25) is 9.88 Å². The molecule has 12 heteroatoms. The van der Waals surface area contributed by atoms with Crippen LogP contribution in [0.2, 0.25) is 0 Å². The van der Waals surface area contributed by atoms with Crippen molar-refractivity contribution in [2.45, 2.75) is 39.4 Å². The van der Waals surface area contributed by atoms with Crippen LogP contribution in [0.5, 0.6) is 0 Å². The Bertz CT molecular complexity index is 802. The summed E-state index contributed by atoms with van der Waals surface area (Å²) in [7, 11) is 0. The van der Waals surface area contributed by atoms with Crippen LogP contribution in [0.1, 0.15) is 33.9 Å². The van der Waals surface area contributed by atoms with Crippen molar-refractivity contribution in [3.8, 4) is 0 Å². The van der Waals surface area contributed by atoms with Crippen molar-refractivity contribution in [1.82, 2.24) is 9.55 Å². The average molecular weight is 447 g/mol. The highest BCUT2D eigenvalue weighted by Gasteiger charge is 2.30. The molecule has 1 aliphatic rings. The van der Waals surface area contributed by atoms with Gasteiger partial charge in [0.05, 0.1) is 19.4 Å². The molecule has 168 valence electrons. The molecular formula is C18H26FN3O7S. The van der Waals surface area contributed by atoms with Gasteiger partial charge in [0, 0.05) is 5.75 Å². The van der Waals surface area contributed by atoms with Crippen molar-refractivity contribution < 1.29 is 32.9 Å². The van der Waals surface area contributed by atoms with Crippen LogP contribution in [0.3, 0.4) is 0 Å². The maximum Gasteiger partial charge on any atom is 0.508 e. The minimum Gasteiger partial charge on any atom is -0.449 e. The van der Waals surface area contributed by atoms with Crippen molar-refractivity contribution >= 4 is 29.8 Å². The second kappa shape index (κ2) is 11.2. The first-order valence-corrected chi connectivity index (χ1v) is 10.5. The normalized spacial score (nSPS) is 18.5. The van der Waals surface area contributed by atoms with E-state index in [1.165, 1.54) is 11.8 Å². The van der Waals surface area contributed by atoms with Gasteiger partial charge in [0.1, 0.15) is 18.3 Å². The minimum atomic E-state index is -0.915. The zero-order valence-electron chi connectivity index (χ0n) is 17.3. The van der Waals surface area contributed by atoms with Gasteiger partial charge in [-0.1, -0.05) is 27.7 Å². The third-order valence-electron chi connectivity index (χ3n) is 3.59. The fraction of sp³-hybridized carbons (Fsp3) is 0.667. The van der Waals surface area contributed by atoms with E-state index >= 15 is 0 Å². The molecule has 1 amide bonds. The Labute approximate surface area is 177 Å². The van der Waals surface area contributed by atoms with Crippen LogP contribution in [0.25, 0.3) is 0 Å². The second-order valence-corrected chi connectivity index (χ2v) is 8.56. The Kier molecular flexibility index (Phi) is 8.90. The van der Waals surface area contributed by atoms with E-state index in [1.807, 2.05) is 27.7 Å². The predicted octanol–water partition coefficient (Wildman–Crippen LogP) is 2.98. The summed E-state index contributed by atoms with van der Waals surface area (Å²) in [4.78, 5) is 38.9. The number of hydrogen-bond donors (Lipinski definition) is 1. The Morgan fingerprint density at radius 3 is 2.60 bits per heavy atom. The molecule has 0 aliphatic carbocycles. The van der Waals surface area contributed by atoms with Crippen molar-refractivity contribution in [2.24, 2.45) is 11.8 Å². The van der Waals surface area contributed by atoms with E-state index in [0.29, 0.717) is 5.75 Å². The van der Waals surface area contributed by atoms with E-state index in [2.05, 4.69) is 10.3 Å². The van der Waals surface area contributed by atoms with Crippen molar-refractivity contribution in [3.63, 3.8) is 0 Å². The van der Waals surface area contributed by atoms with Gasteiger partial charge in [0.25, 0.3) is 0 Å². The Balaban J connectivity index is 1.91. The Hall–Kier alpha value is -2.34. The van der Waals surface area contributed by atoms with E-state index in [1.54, 1.807) is 0 Å². The number of carbonyl (C=O) groups excluding carboxylic acids is 2. The summed E-state index contributed by atoms with van der Waals surface area (Å²) >= 11 is 1.30. The highest BCUT2D eigenvalue weighted by molar-refractivity contribution is 8.00. The molecule has 0 radical (unpaired) electrons. The number of ether oxygens (including phenoxy) is 4. The van der Waals surface area contributed by atoms with E-state index in [-0.39, 0.29) is 31.7 Å². The van der Waals surface area contributed by atoms with Crippen molar-refractivity contribution in [3.05, 3.63) is 22.5 Å². The van der Waals surface area contributed by atoms with E-state index in [9.17, 15) is 18.8 Å². The number of aromatic nitrogens is 2. The zero-order chi connectivity index (χ0) is 22.3. The molecule has 2 atom stereocenters. The van der Waals surface area contributed by atoms with Gasteiger partial charge >= 0.3 is 17.9 Å². The largest absolute Gasteiger partial charge is 0.508 e. The summed E-state index contributed by atoms with van der Waals surface area (Å²) < 4.78 is 35.6. The van der Waals surface area contributed by atoms with Gasteiger partial charge < -0.3 is 18.9 Å². The van der Waals surface area contributed by atoms with E-state index in [4.69, 9.17) is 18.9 Å². The molecular weight excluding hydrogens is 421 g/mol. The maximum absolute atomic E-state index is 14.3. The van der Waals surface area contributed by atoms with Crippen LogP contribution in [0.15, 0.2) is 11.0 Å². The van der Waals surface area contributed by atoms with Crippen LogP contribution in [0, 0.1) is 17.7 Å². The molecule has 30 heavy (non-hydrogen) atoms. The number of thioether (sulfide) groups is 1. The summed E-state index contributed by atoms with van der Waals surface area (Å²) in [6, 6.07) is 0. The lowest BCUT2D eigenvalue weighted by Crippen LogP contribution is -2.31. The third-order valence-corrected chi connectivity index (χ3v) is 4.69. The maximum atomic E-state index is 14.3. The van der Waals surface area contributed by atoms with Gasteiger partial charge in [-0.25, -0.2) is 18.8 Å². The number of nitrogens with zero attached hydrogens (tertiary/aromatic N) is 2. The molecule has 1 aliphatic heterocycles. The summed E-state index contributed by atoms with van der Waals surface area (Å²) in [5.74, 6) is -0.834. The van der Waals surface area contributed by atoms with Gasteiger partial charge in [-0.2, -0.15) is 4.98 Å². The van der Waals surface area contributed by atoms with Gasteiger partial charge in [0.15, 0.2) is 11.6 Å². The molecule has 1 fully saturated rings. The lowest BCUT2D eigenvalue weighted by Gasteiger charge is -2.16. The number of anilines is 1. The second-order valence-electron chi connectivity index (χ2n) is 7.36. The van der Waals surface area contributed by atoms with Gasteiger partial charge in [0.2, 0.25) is 0 Å². The molecule has 0 unspecified atom stereocenters. The number of halogens is 1. The zero-order valence-corrected chi connectivity index (χ0v) is 18.1. The number of amides is 1. The first-order valence-electron chi connectivity index (χ1n) is 9.44. The third kappa shape index (κ3) is 7.48. The molecule has 0 bridgehead atoms. The van der Waals surface area contributed by atoms with Crippen LogP contribution >= 0.6 is 11.8 Å². The molecule has 2 heterocycles. The van der Waals surface area contributed by atoms with Gasteiger partial charge in [-0.05, 0) is 11.8 Å². The highest BCUT2D eigenvalue weighted by atomic mass is 32.2. The number of carbonyl (C=O) groups is 2. The summed E-state index contributed by atoms with van der Waals surface area (Å²) in [5.41, 5.74) is -1.35. The first-order chi connectivity index (χ1) is 14.2. The molecule has 0 spiro atoms. The first kappa shape index (κ1) is 23.9. The predicted molar refractivity (Wildman–Crippen MR) is 107 cm³/mol. The Morgan fingerprint density at radius 2 is 1.93 bits per heavy atom. The molecule has 1 aromatic heterocycles. The van der Waals surface area contributed by atoms with Crippen molar-refractivity contribution in [1.29, 1.82) is 0 Å². The fourth-order valence-corrected chi connectivity index (χ4v) is 3.19. The van der Waals surface area contributed by atoms with Crippen LogP contribution in [-0.4, -0.2) is 52.8 Å². The number of rotatable bonds is 8. The highest BCUT2D eigenvalue weighted by Crippen LogP contribution is 2.31. The smallest absolute Gasteiger partial charge is 0.449 e. The number of hydrogen-bond acceptors (Lipinski definition) is 9. The molecule has 10 nitrogen and oxygen atoms in total. The standard InChI is InChI=1S/C18H26FN3O7S/c1-10(2)6-26-17(24)21-15-12(19)5-22(16(23)20-15)13-9-30-14(29-13)8-28-18(25)27-7-11(3)4/h5,10-11,13-14H,6-9H2,1-4H3,(H,20,21,23,24)/t13-,14+/m1/s1. The van der Waals surface area contributed by atoms with E-state index in [0.717, 1.165) is 10.8 Å².